The molecule has 0 radical (unpaired) electrons. The number of benzene rings is 2. The third-order valence-electron chi connectivity index (χ3n) is 2.79. The van der Waals surface area contributed by atoms with Crippen LogP contribution in [0.25, 0.3) is 16.7 Å². The molecule has 0 spiro atoms. The average Bonchev–Trinajstić information content (AvgIpc) is 2.65. The Labute approximate surface area is 137 Å². The second-order valence-electron chi connectivity index (χ2n) is 4.03. The predicted molar refractivity (Wildman–Crippen MR) is 90.9 cm³/mol. The highest BCUT2D eigenvalue weighted by atomic mass is 127. The number of aromatic nitrogens is 2. The second kappa shape index (κ2) is 4.96. The summed E-state index contributed by atoms with van der Waals surface area (Å²) in [6.07, 6.45) is 0. The van der Waals surface area contributed by atoms with Gasteiger partial charge in [-0.3, -0.25) is 4.57 Å². The molecule has 3 rings (SSSR count). The fraction of sp³-hybridized carbons (Fsp3) is 0. The molecule has 2 N–H and O–H groups in total. The fourth-order valence-electron chi connectivity index (χ4n) is 1.99. The molecular weight excluding hydrogens is 440 g/mol. The number of anilines is 1. The van der Waals surface area contributed by atoms with Gasteiger partial charge in [0.25, 0.3) is 0 Å². The van der Waals surface area contributed by atoms with Crippen LogP contribution in [0.3, 0.4) is 0 Å². The SMILES string of the molecule is Nc1nc2cc(Br)ccc2n1-c1ccc(I)cc1Cl. The molecule has 19 heavy (non-hydrogen) atoms. The molecule has 0 bridgehead atoms. The number of hydrogen-bond acceptors (Lipinski definition) is 2. The first-order valence-corrected chi connectivity index (χ1v) is 7.70. The largest absolute Gasteiger partial charge is 0.369 e. The van der Waals surface area contributed by atoms with Crippen molar-refractivity contribution < 1.29 is 0 Å². The molecule has 96 valence electrons. The van der Waals surface area contributed by atoms with Crippen LogP contribution >= 0.6 is 50.1 Å². The Hall–Kier alpha value is -0.790. The molecule has 0 aliphatic carbocycles. The molecule has 1 aromatic heterocycles. The van der Waals surface area contributed by atoms with Crippen LogP contribution in [0.4, 0.5) is 5.95 Å². The van der Waals surface area contributed by atoms with E-state index in [9.17, 15) is 0 Å². The summed E-state index contributed by atoms with van der Waals surface area (Å²) in [4.78, 5) is 4.36. The van der Waals surface area contributed by atoms with Crippen LogP contribution in [0.5, 0.6) is 0 Å². The van der Waals surface area contributed by atoms with Gasteiger partial charge in [-0.25, -0.2) is 4.98 Å². The zero-order valence-electron chi connectivity index (χ0n) is 9.57. The zero-order valence-corrected chi connectivity index (χ0v) is 14.1. The first kappa shape index (κ1) is 13.2. The molecule has 3 aromatic rings. The van der Waals surface area contributed by atoms with E-state index < -0.39 is 0 Å². The van der Waals surface area contributed by atoms with Gasteiger partial charge in [0.1, 0.15) is 0 Å². The molecule has 0 saturated carbocycles. The average molecular weight is 448 g/mol. The lowest BCUT2D eigenvalue weighted by Crippen LogP contribution is -2.01. The smallest absolute Gasteiger partial charge is 0.205 e. The Bertz CT molecular complexity index is 785. The third-order valence-corrected chi connectivity index (χ3v) is 4.26. The number of nitrogens with two attached hydrogens (primary N) is 1. The fourth-order valence-corrected chi connectivity index (χ4v) is 3.28. The molecule has 3 nitrogen and oxygen atoms in total. The maximum Gasteiger partial charge on any atom is 0.205 e. The molecule has 0 aliphatic heterocycles. The summed E-state index contributed by atoms with van der Waals surface area (Å²) in [6, 6.07) is 11.7. The van der Waals surface area contributed by atoms with Gasteiger partial charge < -0.3 is 5.73 Å². The molecular formula is C13H8BrClIN3. The number of rotatable bonds is 1. The van der Waals surface area contributed by atoms with E-state index in [1.807, 2.05) is 41.0 Å². The van der Waals surface area contributed by atoms with E-state index in [4.69, 9.17) is 17.3 Å². The molecule has 0 aliphatic rings. The molecule has 0 unspecified atom stereocenters. The summed E-state index contributed by atoms with van der Waals surface area (Å²) < 4.78 is 3.91. The molecule has 0 atom stereocenters. The van der Waals surface area contributed by atoms with Crippen LogP contribution in [0, 0.1) is 3.57 Å². The minimum absolute atomic E-state index is 0.427. The number of hydrogen-bond donors (Lipinski definition) is 1. The van der Waals surface area contributed by atoms with Gasteiger partial charge in [0.2, 0.25) is 5.95 Å². The number of nitrogens with zero attached hydrogens (tertiary/aromatic N) is 2. The van der Waals surface area contributed by atoms with E-state index in [-0.39, 0.29) is 0 Å². The zero-order chi connectivity index (χ0) is 13.6. The Kier molecular flexibility index (Phi) is 3.44. The van der Waals surface area contributed by atoms with Crippen LogP contribution in [0.15, 0.2) is 40.9 Å². The third kappa shape index (κ3) is 2.34. The number of nitrogen functional groups attached to an aromatic ring is 1. The maximum absolute atomic E-state index is 6.31. The van der Waals surface area contributed by atoms with E-state index in [0.29, 0.717) is 11.0 Å². The Morgan fingerprint density at radius 1 is 1.21 bits per heavy atom. The lowest BCUT2D eigenvalue weighted by Gasteiger charge is -2.09. The summed E-state index contributed by atoms with van der Waals surface area (Å²) in [5.74, 6) is 0.427. The highest BCUT2D eigenvalue weighted by Gasteiger charge is 2.12. The predicted octanol–water partition coefficient (Wildman–Crippen LogP) is 4.63. The van der Waals surface area contributed by atoms with E-state index >= 15 is 0 Å². The van der Waals surface area contributed by atoms with Crippen LogP contribution in [0.2, 0.25) is 5.02 Å². The van der Waals surface area contributed by atoms with Gasteiger partial charge in [-0.15, -0.1) is 0 Å². The molecule has 0 saturated heterocycles. The van der Waals surface area contributed by atoms with E-state index in [0.717, 1.165) is 24.8 Å². The van der Waals surface area contributed by atoms with Gasteiger partial charge in [0.05, 0.1) is 21.7 Å². The van der Waals surface area contributed by atoms with Crippen molar-refractivity contribution in [3.8, 4) is 5.69 Å². The van der Waals surface area contributed by atoms with Crippen LogP contribution in [-0.4, -0.2) is 9.55 Å². The monoisotopic (exact) mass is 447 g/mol. The first-order valence-electron chi connectivity index (χ1n) is 5.45. The van der Waals surface area contributed by atoms with Crippen LogP contribution < -0.4 is 5.73 Å². The van der Waals surface area contributed by atoms with Gasteiger partial charge in [0, 0.05) is 8.04 Å². The second-order valence-corrected chi connectivity index (χ2v) is 6.60. The molecule has 0 amide bonds. The Morgan fingerprint density at radius 2 is 2.00 bits per heavy atom. The minimum Gasteiger partial charge on any atom is -0.369 e. The summed E-state index contributed by atoms with van der Waals surface area (Å²) >= 11 is 12.0. The van der Waals surface area contributed by atoms with Crippen LogP contribution in [-0.2, 0) is 0 Å². The quantitative estimate of drug-likeness (QED) is 0.552. The molecule has 2 aromatic carbocycles. The van der Waals surface area contributed by atoms with E-state index in [2.05, 4.69) is 43.5 Å². The van der Waals surface area contributed by atoms with Crippen molar-refractivity contribution >= 4 is 67.1 Å². The van der Waals surface area contributed by atoms with Gasteiger partial charge in [-0.1, -0.05) is 27.5 Å². The van der Waals surface area contributed by atoms with Crippen molar-refractivity contribution in [2.75, 3.05) is 5.73 Å². The molecule has 0 fully saturated rings. The summed E-state index contributed by atoms with van der Waals surface area (Å²) in [5.41, 5.74) is 8.62. The van der Waals surface area contributed by atoms with Crippen molar-refractivity contribution in [1.29, 1.82) is 0 Å². The van der Waals surface area contributed by atoms with Crippen LogP contribution in [0.1, 0.15) is 0 Å². The minimum atomic E-state index is 0.427. The Balaban J connectivity index is 2.33. The lowest BCUT2D eigenvalue weighted by molar-refractivity contribution is 1.11. The molecule has 1 heterocycles. The Morgan fingerprint density at radius 3 is 2.74 bits per heavy atom. The highest BCUT2D eigenvalue weighted by Crippen LogP contribution is 2.30. The summed E-state index contributed by atoms with van der Waals surface area (Å²) in [6.45, 7) is 0. The highest BCUT2D eigenvalue weighted by molar-refractivity contribution is 14.1. The van der Waals surface area contributed by atoms with Crippen molar-refractivity contribution in [3.63, 3.8) is 0 Å². The van der Waals surface area contributed by atoms with Gasteiger partial charge in [-0.05, 0) is 59.0 Å². The number of halogens is 3. The number of imidazole rings is 1. The van der Waals surface area contributed by atoms with E-state index in [1.54, 1.807) is 0 Å². The molecule has 6 heteroatoms. The lowest BCUT2D eigenvalue weighted by atomic mass is 10.3. The maximum atomic E-state index is 6.31. The number of fused-ring (bicyclic) bond motifs is 1. The van der Waals surface area contributed by atoms with E-state index in [1.165, 1.54) is 0 Å². The van der Waals surface area contributed by atoms with Crippen molar-refractivity contribution in [1.82, 2.24) is 9.55 Å². The normalized spacial score (nSPS) is 11.1. The van der Waals surface area contributed by atoms with Gasteiger partial charge >= 0.3 is 0 Å². The summed E-state index contributed by atoms with van der Waals surface area (Å²) in [5, 5.41) is 0.654. The van der Waals surface area contributed by atoms with Gasteiger partial charge in [0.15, 0.2) is 0 Å². The standard InChI is InChI=1S/C13H8BrClIN3/c14-7-1-3-12-10(5-7)18-13(17)19(12)11-4-2-8(16)6-9(11)15/h1-6H,(H2,17,18). The van der Waals surface area contributed by atoms with Crippen molar-refractivity contribution in [2.45, 2.75) is 0 Å². The topological polar surface area (TPSA) is 43.8 Å². The van der Waals surface area contributed by atoms with Crippen molar-refractivity contribution in [2.24, 2.45) is 0 Å². The first-order chi connectivity index (χ1) is 9.06. The van der Waals surface area contributed by atoms with Crippen molar-refractivity contribution in [3.05, 3.63) is 49.5 Å². The summed E-state index contributed by atoms with van der Waals surface area (Å²) in [7, 11) is 0. The van der Waals surface area contributed by atoms with Gasteiger partial charge in [-0.2, -0.15) is 0 Å².